The molecule has 22 heavy (non-hydrogen) atoms. The summed E-state index contributed by atoms with van der Waals surface area (Å²) in [7, 11) is 1.98. The first-order chi connectivity index (χ1) is 10.3. The number of aliphatic hydroxyl groups is 1. The predicted octanol–water partition coefficient (Wildman–Crippen LogP) is 3.06. The normalized spacial score (nSPS) is 14.8. The molecule has 1 rings (SSSR count). The molecule has 0 saturated carbocycles. The Kier molecular flexibility index (Phi) is 6.68. The molecule has 2 unspecified atom stereocenters. The second-order valence-electron chi connectivity index (χ2n) is 6.01. The number of carbonyl (C=O) groups excluding carboxylic acids is 1. The summed E-state index contributed by atoms with van der Waals surface area (Å²) in [5, 5.41) is 15.9. The molecule has 2 atom stereocenters. The minimum Gasteiger partial charge on any atom is -0.388 e. The number of amides is 2. The number of para-hydroxylation sites is 2. The second kappa shape index (κ2) is 8.03. The summed E-state index contributed by atoms with van der Waals surface area (Å²) in [6.07, 6.45) is 0.862. The quantitative estimate of drug-likeness (QED) is 0.725. The Balaban J connectivity index is 2.67. The van der Waals surface area contributed by atoms with Crippen LogP contribution in [-0.2, 0) is 0 Å². The zero-order chi connectivity index (χ0) is 16.8. The number of nitrogens with zero attached hydrogens (tertiary/aromatic N) is 1. The fourth-order valence-electron chi connectivity index (χ4n) is 2.12. The van der Waals surface area contributed by atoms with E-state index >= 15 is 0 Å². The largest absolute Gasteiger partial charge is 0.388 e. The minimum atomic E-state index is -0.911. The van der Waals surface area contributed by atoms with Crippen molar-refractivity contribution in [1.82, 2.24) is 5.32 Å². The first-order valence-electron chi connectivity index (χ1n) is 7.89. The van der Waals surface area contributed by atoms with E-state index in [2.05, 4.69) is 22.5 Å². The SMILES string of the molecule is CCC(C)C(C)(O)CNC(=O)Nc1ccccc1N(C)CC. The van der Waals surface area contributed by atoms with E-state index in [1.165, 1.54) is 0 Å². The lowest BCUT2D eigenvalue weighted by molar-refractivity contribution is 0.00827. The summed E-state index contributed by atoms with van der Waals surface area (Å²) in [5.41, 5.74) is 0.813. The van der Waals surface area contributed by atoms with Crippen molar-refractivity contribution in [1.29, 1.82) is 0 Å². The highest BCUT2D eigenvalue weighted by molar-refractivity contribution is 5.93. The van der Waals surface area contributed by atoms with Gasteiger partial charge in [0.1, 0.15) is 0 Å². The highest BCUT2D eigenvalue weighted by Gasteiger charge is 2.27. The standard InChI is InChI=1S/C17H29N3O2/c1-6-13(3)17(4,22)12-18-16(21)19-14-10-8-9-11-15(14)20(5)7-2/h8-11,13,22H,6-7,12H2,1-5H3,(H2,18,19,21). The van der Waals surface area contributed by atoms with Gasteiger partial charge < -0.3 is 20.6 Å². The van der Waals surface area contributed by atoms with Crippen molar-refractivity contribution in [3.05, 3.63) is 24.3 Å². The van der Waals surface area contributed by atoms with Crippen LogP contribution < -0.4 is 15.5 Å². The highest BCUT2D eigenvalue weighted by Crippen LogP contribution is 2.24. The lowest BCUT2D eigenvalue weighted by atomic mass is 9.89. The molecule has 1 aromatic carbocycles. The van der Waals surface area contributed by atoms with Gasteiger partial charge in [0.15, 0.2) is 0 Å². The molecule has 0 aliphatic carbocycles. The third kappa shape index (κ3) is 4.91. The molecule has 5 nitrogen and oxygen atoms in total. The van der Waals surface area contributed by atoms with Gasteiger partial charge in [0.25, 0.3) is 0 Å². The number of rotatable bonds is 7. The van der Waals surface area contributed by atoms with Gasteiger partial charge in [-0.05, 0) is 31.9 Å². The average molecular weight is 307 g/mol. The lowest BCUT2D eigenvalue weighted by Crippen LogP contribution is -2.46. The molecule has 0 radical (unpaired) electrons. The van der Waals surface area contributed by atoms with Crippen molar-refractivity contribution < 1.29 is 9.90 Å². The zero-order valence-corrected chi connectivity index (χ0v) is 14.3. The maximum Gasteiger partial charge on any atom is 0.319 e. The van der Waals surface area contributed by atoms with E-state index < -0.39 is 5.60 Å². The molecule has 0 saturated heterocycles. The van der Waals surface area contributed by atoms with Crippen molar-refractivity contribution in [2.45, 2.75) is 39.7 Å². The van der Waals surface area contributed by atoms with Crippen molar-refractivity contribution >= 4 is 17.4 Å². The molecule has 0 spiro atoms. The smallest absolute Gasteiger partial charge is 0.319 e. The maximum absolute atomic E-state index is 12.1. The summed E-state index contributed by atoms with van der Waals surface area (Å²) in [4.78, 5) is 14.1. The Morgan fingerprint density at radius 2 is 2.00 bits per heavy atom. The van der Waals surface area contributed by atoms with E-state index in [-0.39, 0.29) is 18.5 Å². The summed E-state index contributed by atoms with van der Waals surface area (Å²) in [6.45, 7) is 8.88. The summed E-state index contributed by atoms with van der Waals surface area (Å²) in [5.74, 6) is 0.117. The van der Waals surface area contributed by atoms with Gasteiger partial charge in [0.05, 0.1) is 17.0 Å². The molecule has 0 fully saturated rings. The van der Waals surface area contributed by atoms with E-state index in [9.17, 15) is 9.90 Å². The maximum atomic E-state index is 12.1. The van der Waals surface area contributed by atoms with Gasteiger partial charge in [-0.3, -0.25) is 0 Å². The average Bonchev–Trinajstić information content (AvgIpc) is 2.52. The monoisotopic (exact) mass is 307 g/mol. The Morgan fingerprint density at radius 1 is 1.36 bits per heavy atom. The van der Waals surface area contributed by atoms with Crippen molar-refractivity contribution in [2.75, 3.05) is 30.4 Å². The molecule has 0 aliphatic heterocycles. The topological polar surface area (TPSA) is 64.6 Å². The van der Waals surface area contributed by atoms with Crippen LogP contribution in [0.25, 0.3) is 0 Å². The fraction of sp³-hybridized carbons (Fsp3) is 0.588. The highest BCUT2D eigenvalue weighted by atomic mass is 16.3. The molecular formula is C17H29N3O2. The van der Waals surface area contributed by atoms with Crippen molar-refractivity contribution in [2.24, 2.45) is 5.92 Å². The van der Waals surface area contributed by atoms with Crippen LogP contribution >= 0.6 is 0 Å². The van der Waals surface area contributed by atoms with Crippen molar-refractivity contribution in [3.63, 3.8) is 0 Å². The summed E-state index contributed by atoms with van der Waals surface area (Å²) >= 11 is 0. The van der Waals surface area contributed by atoms with Crippen molar-refractivity contribution in [3.8, 4) is 0 Å². The first kappa shape index (κ1) is 18.3. The molecule has 124 valence electrons. The zero-order valence-electron chi connectivity index (χ0n) is 14.3. The van der Waals surface area contributed by atoms with Gasteiger partial charge in [-0.15, -0.1) is 0 Å². The Hall–Kier alpha value is -1.75. The van der Waals surface area contributed by atoms with Crippen LogP contribution in [0.4, 0.5) is 16.2 Å². The Morgan fingerprint density at radius 3 is 2.59 bits per heavy atom. The van der Waals surface area contributed by atoms with Crippen LogP contribution in [0.3, 0.4) is 0 Å². The van der Waals surface area contributed by atoms with Gasteiger partial charge in [-0.25, -0.2) is 4.79 Å². The number of nitrogens with one attached hydrogen (secondary N) is 2. The third-order valence-corrected chi connectivity index (χ3v) is 4.32. The molecule has 3 N–H and O–H groups in total. The van der Waals surface area contributed by atoms with Gasteiger partial charge in [-0.2, -0.15) is 0 Å². The fourth-order valence-corrected chi connectivity index (χ4v) is 2.12. The Labute approximate surface area is 133 Å². The predicted molar refractivity (Wildman–Crippen MR) is 92.5 cm³/mol. The molecule has 2 amide bonds. The number of carbonyl (C=O) groups is 1. The summed E-state index contributed by atoms with van der Waals surface area (Å²) in [6, 6.07) is 7.36. The van der Waals surface area contributed by atoms with Gasteiger partial charge in [0, 0.05) is 20.1 Å². The molecule has 1 aromatic rings. The van der Waals surface area contributed by atoms with Crippen LogP contribution in [0.15, 0.2) is 24.3 Å². The van der Waals surface area contributed by atoms with Gasteiger partial charge in [0.2, 0.25) is 0 Å². The van der Waals surface area contributed by atoms with Gasteiger partial charge >= 0.3 is 6.03 Å². The molecule has 0 aliphatic rings. The molecular weight excluding hydrogens is 278 g/mol. The van der Waals surface area contributed by atoms with E-state index in [0.717, 1.165) is 24.3 Å². The van der Waals surface area contributed by atoms with Crippen LogP contribution in [0.5, 0.6) is 0 Å². The van der Waals surface area contributed by atoms with E-state index in [1.54, 1.807) is 6.92 Å². The second-order valence-corrected chi connectivity index (χ2v) is 6.01. The van der Waals surface area contributed by atoms with Crippen LogP contribution in [-0.4, -0.2) is 36.9 Å². The molecule has 0 heterocycles. The number of anilines is 2. The first-order valence-corrected chi connectivity index (χ1v) is 7.89. The third-order valence-electron chi connectivity index (χ3n) is 4.32. The molecule has 0 bridgehead atoms. The van der Waals surface area contributed by atoms with Crippen LogP contribution in [0.1, 0.15) is 34.1 Å². The van der Waals surface area contributed by atoms with Crippen LogP contribution in [0.2, 0.25) is 0 Å². The number of hydrogen-bond donors (Lipinski definition) is 3. The number of benzene rings is 1. The van der Waals surface area contributed by atoms with E-state index in [0.29, 0.717) is 0 Å². The molecule has 0 aromatic heterocycles. The lowest BCUT2D eigenvalue weighted by Gasteiger charge is -2.30. The molecule has 5 heteroatoms. The van der Waals surface area contributed by atoms with E-state index in [1.807, 2.05) is 45.2 Å². The number of hydrogen-bond acceptors (Lipinski definition) is 3. The van der Waals surface area contributed by atoms with Crippen LogP contribution in [0, 0.1) is 5.92 Å². The van der Waals surface area contributed by atoms with E-state index in [4.69, 9.17) is 0 Å². The van der Waals surface area contributed by atoms with Gasteiger partial charge in [-0.1, -0.05) is 32.4 Å². The summed E-state index contributed by atoms with van der Waals surface area (Å²) < 4.78 is 0. The Bertz CT molecular complexity index is 489. The minimum absolute atomic E-state index is 0.117. The number of urea groups is 1.